The van der Waals surface area contributed by atoms with Crippen molar-refractivity contribution >= 4 is 12.2 Å². The first kappa shape index (κ1) is 14.0. The van der Waals surface area contributed by atoms with Gasteiger partial charge in [-0.1, -0.05) is 24.3 Å². The lowest BCUT2D eigenvalue weighted by Crippen LogP contribution is -1.89. The monoisotopic (exact) mass is 270 g/mol. The third-order valence-corrected chi connectivity index (χ3v) is 3.01. The van der Waals surface area contributed by atoms with Crippen LogP contribution in [0.15, 0.2) is 42.5 Å². The Labute approximate surface area is 119 Å². The summed E-state index contributed by atoms with van der Waals surface area (Å²) >= 11 is 0. The molecule has 20 heavy (non-hydrogen) atoms. The Kier molecular flexibility index (Phi) is 4.66. The van der Waals surface area contributed by atoms with E-state index in [1.807, 2.05) is 54.6 Å². The molecule has 0 fully saturated rings. The van der Waals surface area contributed by atoms with Crippen molar-refractivity contribution in [3.05, 3.63) is 53.6 Å². The number of methoxy groups -OCH3 is 3. The van der Waals surface area contributed by atoms with Gasteiger partial charge in [0.15, 0.2) is 0 Å². The number of hydrogen-bond acceptors (Lipinski definition) is 3. The molecular formula is C17H18O3. The quantitative estimate of drug-likeness (QED) is 0.772. The van der Waals surface area contributed by atoms with E-state index < -0.39 is 0 Å². The molecule has 0 atom stereocenters. The molecule has 2 rings (SSSR count). The van der Waals surface area contributed by atoms with Crippen LogP contribution in [0.2, 0.25) is 0 Å². The summed E-state index contributed by atoms with van der Waals surface area (Å²) in [5.74, 6) is 2.42. The van der Waals surface area contributed by atoms with E-state index in [1.165, 1.54) is 0 Å². The van der Waals surface area contributed by atoms with E-state index in [1.54, 1.807) is 21.3 Å². The van der Waals surface area contributed by atoms with Gasteiger partial charge in [0.05, 0.1) is 21.3 Å². The Bertz CT molecular complexity index is 586. The van der Waals surface area contributed by atoms with E-state index in [0.29, 0.717) is 0 Å². The fraction of sp³-hybridized carbons (Fsp3) is 0.176. The summed E-state index contributed by atoms with van der Waals surface area (Å²) in [6, 6.07) is 13.6. The lowest BCUT2D eigenvalue weighted by atomic mass is 10.1. The van der Waals surface area contributed by atoms with E-state index in [9.17, 15) is 0 Å². The molecule has 0 radical (unpaired) electrons. The normalized spacial score (nSPS) is 10.6. The minimum Gasteiger partial charge on any atom is -0.497 e. The summed E-state index contributed by atoms with van der Waals surface area (Å²) < 4.78 is 15.7. The van der Waals surface area contributed by atoms with Gasteiger partial charge in [-0.3, -0.25) is 0 Å². The van der Waals surface area contributed by atoms with Crippen molar-refractivity contribution in [3.8, 4) is 17.2 Å². The molecule has 0 aromatic heterocycles. The van der Waals surface area contributed by atoms with Crippen molar-refractivity contribution in [2.24, 2.45) is 0 Å². The molecule has 0 N–H and O–H groups in total. The summed E-state index contributed by atoms with van der Waals surface area (Å²) in [4.78, 5) is 0. The highest BCUT2D eigenvalue weighted by atomic mass is 16.5. The predicted octanol–water partition coefficient (Wildman–Crippen LogP) is 3.88. The minimum atomic E-state index is 0.781. The Balaban J connectivity index is 2.21. The van der Waals surface area contributed by atoms with E-state index in [4.69, 9.17) is 14.2 Å². The minimum absolute atomic E-state index is 0.781. The molecule has 0 amide bonds. The molecule has 0 spiro atoms. The summed E-state index contributed by atoms with van der Waals surface area (Å²) in [6.07, 6.45) is 4.05. The van der Waals surface area contributed by atoms with Crippen molar-refractivity contribution in [1.82, 2.24) is 0 Å². The average Bonchev–Trinajstić information content (AvgIpc) is 2.53. The largest absolute Gasteiger partial charge is 0.497 e. The topological polar surface area (TPSA) is 27.7 Å². The third kappa shape index (κ3) is 3.32. The molecule has 2 aromatic rings. The number of rotatable bonds is 5. The van der Waals surface area contributed by atoms with Gasteiger partial charge >= 0.3 is 0 Å². The van der Waals surface area contributed by atoms with Crippen LogP contribution in [0.4, 0.5) is 0 Å². The molecule has 3 nitrogen and oxygen atoms in total. The summed E-state index contributed by atoms with van der Waals surface area (Å²) in [6.45, 7) is 0. The lowest BCUT2D eigenvalue weighted by molar-refractivity contribution is 0.394. The van der Waals surface area contributed by atoms with Crippen LogP contribution in [0.5, 0.6) is 17.2 Å². The Morgan fingerprint density at radius 3 is 1.95 bits per heavy atom. The first-order valence-electron chi connectivity index (χ1n) is 6.31. The van der Waals surface area contributed by atoms with Crippen LogP contribution >= 0.6 is 0 Å². The van der Waals surface area contributed by atoms with Crippen molar-refractivity contribution in [1.29, 1.82) is 0 Å². The maximum absolute atomic E-state index is 5.36. The predicted molar refractivity (Wildman–Crippen MR) is 81.5 cm³/mol. The molecule has 0 heterocycles. The SMILES string of the molecule is COc1ccc(/C=C\c2ccc(OC)cc2OC)cc1. The maximum Gasteiger partial charge on any atom is 0.129 e. The smallest absolute Gasteiger partial charge is 0.129 e. The van der Waals surface area contributed by atoms with Crippen LogP contribution in [-0.2, 0) is 0 Å². The van der Waals surface area contributed by atoms with Gasteiger partial charge in [0.25, 0.3) is 0 Å². The number of benzene rings is 2. The van der Waals surface area contributed by atoms with Gasteiger partial charge in [0.2, 0.25) is 0 Å². The summed E-state index contributed by atoms with van der Waals surface area (Å²) in [5, 5.41) is 0. The maximum atomic E-state index is 5.36. The van der Waals surface area contributed by atoms with Gasteiger partial charge in [-0.2, -0.15) is 0 Å². The summed E-state index contributed by atoms with van der Waals surface area (Å²) in [7, 11) is 4.95. The van der Waals surface area contributed by atoms with Crippen LogP contribution in [0.1, 0.15) is 11.1 Å². The van der Waals surface area contributed by atoms with Gasteiger partial charge in [-0.05, 0) is 29.8 Å². The van der Waals surface area contributed by atoms with Gasteiger partial charge in [0.1, 0.15) is 17.2 Å². The first-order valence-corrected chi connectivity index (χ1v) is 6.31. The van der Waals surface area contributed by atoms with Gasteiger partial charge in [-0.15, -0.1) is 0 Å². The summed E-state index contributed by atoms with van der Waals surface area (Å²) in [5.41, 5.74) is 2.10. The van der Waals surface area contributed by atoms with E-state index in [-0.39, 0.29) is 0 Å². The Morgan fingerprint density at radius 1 is 0.700 bits per heavy atom. The van der Waals surface area contributed by atoms with Crippen molar-refractivity contribution in [2.45, 2.75) is 0 Å². The fourth-order valence-corrected chi connectivity index (χ4v) is 1.86. The molecule has 0 aliphatic carbocycles. The first-order chi connectivity index (χ1) is 9.76. The van der Waals surface area contributed by atoms with Crippen LogP contribution in [0.25, 0.3) is 12.2 Å². The van der Waals surface area contributed by atoms with E-state index >= 15 is 0 Å². The molecule has 2 aromatic carbocycles. The molecule has 0 aliphatic rings. The van der Waals surface area contributed by atoms with E-state index in [0.717, 1.165) is 28.4 Å². The van der Waals surface area contributed by atoms with Crippen molar-refractivity contribution in [2.75, 3.05) is 21.3 Å². The highest BCUT2D eigenvalue weighted by Crippen LogP contribution is 2.26. The van der Waals surface area contributed by atoms with Crippen LogP contribution in [0, 0.1) is 0 Å². The molecule has 0 aliphatic heterocycles. The van der Waals surface area contributed by atoms with Crippen LogP contribution in [-0.4, -0.2) is 21.3 Å². The van der Waals surface area contributed by atoms with E-state index in [2.05, 4.69) is 0 Å². The fourth-order valence-electron chi connectivity index (χ4n) is 1.86. The lowest BCUT2D eigenvalue weighted by Gasteiger charge is -2.07. The van der Waals surface area contributed by atoms with Gasteiger partial charge < -0.3 is 14.2 Å². The molecular weight excluding hydrogens is 252 g/mol. The highest BCUT2D eigenvalue weighted by molar-refractivity contribution is 5.73. The molecule has 0 bridgehead atoms. The second-order valence-electron chi connectivity index (χ2n) is 4.21. The zero-order valence-corrected chi connectivity index (χ0v) is 11.9. The second kappa shape index (κ2) is 6.66. The Morgan fingerprint density at radius 2 is 1.35 bits per heavy atom. The van der Waals surface area contributed by atoms with Gasteiger partial charge in [-0.25, -0.2) is 0 Å². The zero-order chi connectivity index (χ0) is 14.4. The molecule has 0 saturated carbocycles. The van der Waals surface area contributed by atoms with Crippen LogP contribution in [0.3, 0.4) is 0 Å². The molecule has 3 heteroatoms. The average molecular weight is 270 g/mol. The molecule has 0 saturated heterocycles. The molecule has 104 valence electrons. The third-order valence-electron chi connectivity index (χ3n) is 3.01. The highest BCUT2D eigenvalue weighted by Gasteiger charge is 2.01. The second-order valence-corrected chi connectivity index (χ2v) is 4.21. The zero-order valence-electron chi connectivity index (χ0n) is 11.9. The standard InChI is InChI=1S/C17H18O3/c1-18-15-9-5-13(6-10-15)4-7-14-8-11-16(19-2)12-17(14)20-3/h4-12H,1-3H3/b7-4-. The number of hydrogen-bond donors (Lipinski definition) is 0. The number of ether oxygens (including phenoxy) is 3. The van der Waals surface area contributed by atoms with Gasteiger partial charge in [0, 0.05) is 11.6 Å². The molecule has 0 unspecified atom stereocenters. The van der Waals surface area contributed by atoms with Crippen LogP contribution < -0.4 is 14.2 Å². The Hall–Kier alpha value is -2.42. The van der Waals surface area contributed by atoms with Crippen molar-refractivity contribution in [3.63, 3.8) is 0 Å². The van der Waals surface area contributed by atoms with Crippen molar-refractivity contribution < 1.29 is 14.2 Å².